The molecular formula is C14H22N4. The van der Waals surface area contributed by atoms with E-state index < -0.39 is 0 Å². The highest BCUT2D eigenvalue weighted by Crippen LogP contribution is 2.11. The number of piperazine rings is 1. The van der Waals surface area contributed by atoms with Crippen LogP contribution >= 0.6 is 0 Å². The average molecular weight is 246 g/mol. The lowest BCUT2D eigenvalue weighted by Crippen LogP contribution is -2.48. The molecule has 4 heteroatoms. The van der Waals surface area contributed by atoms with E-state index in [9.17, 15) is 0 Å². The third-order valence-electron chi connectivity index (χ3n) is 3.24. The molecule has 4 nitrogen and oxygen atoms in total. The molecule has 1 fully saturated rings. The number of hydrogen-bond acceptors (Lipinski definition) is 4. The summed E-state index contributed by atoms with van der Waals surface area (Å²) < 4.78 is 0. The normalized spacial score (nSPS) is 16.8. The van der Waals surface area contributed by atoms with Crippen molar-refractivity contribution in [3.63, 3.8) is 0 Å². The molecule has 0 amide bonds. The van der Waals surface area contributed by atoms with Gasteiger partial charge in [-0.1, -0.05) is 12.1 Å². The van der Waals surface area contributed by atoms with Gasteiger partial charge in [-0.15, -0.1) is 6.58 Å². The summed E-state index contributed by atoms with van der Waals surface area (Å²) in [5.41, 5.74) is 0. The molecule has 2 heterocycles. The maximum absolute atomic E-state index is 4.40. The Morgan fingerprint density at radius 2 is 2.11 bits per heavy atom. The summed E-state index contributed by atoms with van der Waals surface area (Å²) in [5, 5.41) is 3.34. The maximum atomic E-state index is 4.40. The summed E-state index contributed by atoms with van der Waals surface area (Å²) in [6.07, 6.45) is 3.76. The molecule has 1 aromatic heterocycles. The van der Waals surface area contributed by atoms with E-state index >= 15 is 0 Å². The Labute approximate surface area is 109 Å². The summed E-state index contributed by atoms with van der Waals surface area (Å²) in [5.74, 6) is 1.10. The second kappa shape index (κ2) is 7.13. The van der Waals surface area contributed by atoms with Crippen LogP contribution in [0, 0.1) is 0 Å². The van der Waals surface area contributed by atoms with Gasteiger partial charge in [0.15, 0.2) is 0 Å². The lowest BCUT2D eigenvalue weighted by molar-refractivity contribution is 0.258. The molecule has 0 aliphatic carbocycles. The molecule has 1 saturated heterocycles. The van der Waals surface area contributed by atoms with Gasteiger partial charge >= 0.3 is 0 Å². The van der Waals surface area contributed by atoms with Gasteiger partial charge in [0.1, 0.15) is 5.82 Å². The quantitative estimate of drug-likeness (QED) is 0.599. The lowest BCUT2D eigenvalue weighted by Gasteiger charge is -2.35. The Hall–Kier alpha value is -1.39. The van der Waals surface area contributed by atoms with Crippen LogP contribution in [0.2, 0.25) is 0 Å². The number of aromatic nitrogens is 1. The number of pyridine rings is 1. The fourth-order valence-electron chi connectivity index (χ4n) is 2.18. The summed E-state index contributed by atoms with van der Waals surface area (Å²) in [4.78, 5) is 9.25. The first-order valence-corrected chi connectivity index (χ1v) is 6.60. The molecule has 2 rings (SSSR count). The number of anilines is 1. The Bertz CT molecular complexity index is 344. The van der Waals surface area contributed by atoms with Crippen molar-refractivity contribution in [3.05, 3.63) is 37.1 Å². The van der Waals surface area contributed by atoms with Crippen LogP contribution in [0.5, 0.6) is 0 Å². The predicted octanol–water partition coefficient (Wildman–Crippen LogP) is 0.979. The van der Waals surface area contributed by atoms with E-state index in [0.717, 1.165) is 51.6 Å². The van der Waals surface area contributed by atoms with Crippen LogP contribution < -0.4 is 10.2 Å². The van der Waals surface area contributed by atoms with Gasteiger partial charge in [-0.2, -0.15) is 0 Å². The van der Waals surface area contributed by atoms with E-state index in [-0.39, 0.29) is 0 Å². The van der Waals surface area contributed by atoms with Crippen LogP contribution in [-0.2, 0) is 0 Å². The Kier molecular flexibility index (Phi) is 5.17. The zero-order valence-corrected chi connectivity index (χ0v) is 10.9. The third kappa shape index (κ3) is 3.82. The highest BCUT2D eigenvalue weighted by Gasteiger charge is 2.16. The molecule has 0 aromatic carbocycles. The van der Waals surface area contributed by atoms with Crippen LogP contribution in [0.25, 0.3) is 0 Å². The minimum atomic E-state index is 0.897. The van der Waals surface area contributed by atoms with Crippen molar-refractivity contribution in [3.8, 4) is 0 Å². The molecule has 0 saturated carbocycles. The van der Waals surface area contributed by atoms with Gasteiger partial charge in [0.25, 0.3) is 0 Å². The summed E-state index contributed by atoms with van der Waals surface area (Å²) >= 11 is 0. The maximum Gasteiger partial charge on any atom is 0.128 e. The molecule has 98 valence electrons. The first-order valence-electron chi connectivity index (χ1n) is 6.60. The fourth-order valence-corrected chi connectivity index (χ4v) is 2.18. The standard InChI is InChI=1S/C14H22N4/c1-2-6-15-8-9-17-10-12-18(13-11-17)14-5-3-4-7-16-14/h2-5,7,15H,1,6,8-13H2. The molecule has 0 unspecified atom stereocenters. The van der Waals surface area contributed by atoms with Crippen LogP contribution in [0.4, 0.5) is 5.82 Å². The minimum Gasteiger partial charge on any atom is -0.354 e. The van der Waals surface area contributed by atoms with Gasteiger partial charge in [0, 0.05) is 52.0 Å². The largest absolute Gasteiger partial charge is 0.354 e. The number of hydrogen-bond donors (Lipinski definition) is 1. The highest BCUT2D eigenvalue weighted by atomic mass is 15.3. The SMILES string of the molecule is C=CCNCCN1CCN(c2ccccn2)CC1. The summed E-state index contributed by atoms with van der Waals surface area (Å²) in [6, 6.07) is 6.10. The first-order chi connectivity index (χ1) is 8.90. The number of nitrogens with one attached hydrogen (secondary N) is 1. The molecule has 0 spiro atoms. The van der Waals surface area contributed by atoms with Crippen LogP contribution in [0.1, 0.15) is 0 Å². The van der Waals surface area contributed by atoms with Gasteiger partial charge < -0.3 is 10.2 Å². The zero-order valence-electron chi connectivity index (χ0n) is 10.9. The average Bonchev–Trinajstić information content (AvgIpc) is 2.45. The van der Waals surface area contributed by atoms with E-state index in [4.69, 9.17) is 0 Å². The van der Waals surface area contributed by atoms with E-state index in [1.807, 2.05) is 24.4 Å². The van der Waals surface area contributed by atoms with E-state index in [0.29, 0.717) is 0 Å². The van der Waals surface area contributed by atoms with Crippen molar-refractivity contribution in [2.45, 2.75) is 0 Å². The van der Waals surface area contributed by atoms with Gasteiger partial charge in [0.05, 0.1) is 0 Å². The van der Waals surface area contributed by atoms with Gasteiger partial charge in [-0.05, 0) is 12.1 Å². The van der Waals surface area contributed by atoms with E-state index in [2.05, 4.69) is 32.7 Å². The minimum absolute atomic E-state index is 0.897. The molecule has 18 heavy (non-hydrogen) atoms. The second-order valence-corrected chi connectivity index (χ2v) is 4.51. The number of nitrogens with zero attached hydrogens (tertiary/aromatic N) is 3. The van der Waals surface area contributed by atoms with E-state index in [1.54, 1.807) is 0 Å². The van der Waals surface area contributed by atoms with Crippen molar-refractivity contribution in [2.24, 2.45) is 0 Å². The number of rotatable bonds is 6. The van der Waals surface area contributed by atoms with E-state index in [1.165, 1.54) is 0 Å². The molecule has 0 radical (unpaired) electrons. The first kappa shape index (κ1) is 13.1. The molecule has 1 aliphatic rings. The van der Waals surface area contributed by atoms with Gasteiger partial charge in [-0.25, -0.2) is 4.98 Å². The third-order valence-corrected chi connectivity index (χ3v) is 3.24. The monoisotopic (exact) mass is 246 g/mol. The van der Waals surface area contributed by atoms with Crippen molar-refractivity contribution in [2.75, 3.05) is 50.7 Å². The van der Waals surface area contributed by atoms with Crippen molar-refractivity contribution < 1.29 is 0 Å². The van der Waals surface area contributed by atoms with Crippen LogP contribution in [-0.4, -0.2) is 55.7 Å². The van der Waals surface area contributed by atoms with Crippen molar-refractivity contribution >= 4 is 5.82 Å². The topological polar surface area (TPSA) is 31.4 Å². The van der Waals surface area contributed by atoms with Crippen molar-refractivity contribution in [1.82, 2.24) is 15.2 Å². The van der Waals surface area contributed by atoms with Gasteiger partial charge in [0.2, 0.25) is 0 Å². The van der Waals surface area contributed by atoms with Gasteiger partial charge in [-0.3, -0.25) is 4.90 Å². The lowest BCUT2D eigenvalue weighted by atomic mass is 10.3. The summed E-state index contributed by atoms with van der Waals surface area (Å²) in [7, 11) is 0. The Balaban J connectivity index is 1.70. The fraction of sp³-hybridized carbons (Fsp3) is 0.500. The molecule has 0 atom stereocenters. The van der Waals surface area contributed by atoms with Crippen LogP contribution in [0.15, 0.2) is 37.1 Å². The smallest absolute Gasteiger partial charge is 0.128 e. The molecule has 1 aliphatic heterocycles. The predicted molar refractivity (Wildman–Crippen MR) is 76.0 cm³/mol. The molecule has 1 N–H and O–H groups in total. The highest BCUT2D eigenvalue weighted by molar-refractivity contribution is 5.38. The summed E-state index contributed by atoms with van der Waals surface area (Å²) in [6.45, 7) is 11.1. The Morgan fingerprint density at radius 3 is 2.78 bits per heavy atom. The molecule has 0 bridgehead atoms. The molecular weight excluding hydrogens is 224 g/mol. The van der Waals surface area contributed by atoms with Crippen molar-refractivity contribution in [1.29, 1.82) is 0 Å². The zero-order chi connectivity index (χ0) is 12.6. The molecule has 1 aromatic rings. The van der Waals surface area contributed by atoms with Crippen LogP contribution in [0.3, 0.4) is 0 Å². The Morgan fingerprint density at radius 1 is 1.28 bits per heavy atom. The second-order valence-electron chi connectivity index (χ2n) is 4.51.